The highest BCUT2D eigenvalue weighted by molar-refractivity contribution is 7.91. The second kappa shape index (κ2) is 7.70. The van der Waals surface area contributed by atoms with Gasteiger partial charge in [-0.05, 0) is 24.1 Å². The van der Waals surface area contributed by atoms with Crippen molar-refractivity contribution >= 4 is 32.7 Å². The molecule has 0 radical (unpaired) electrons. The zero-order chi connectivity index (χ0) is 19.7. The summed E-state index contributed by atoms with van der Waals surface area (Å²) in [6, 6.07) is 6.10. The number of rotatable bonds is 6. The molecule has 0 aliphatic heterocycles. The Labute approximate surface area is 162 Å². The molecule has 3 rings (SSSR count). The summed E-state index contributed by atoms with van der Waals surface area (Å²) in [5.41, 5.74) is 1.07. The van der Waals surface area contributed by atoms with Crippen LogP contribution >= 0.6 is 22.7 Å². The molecular weight excluding hydrogens is 417 g/mol. The lowest BCUT2D eigenvalue weighted by atomic mass is 10.1. The molecule has 0 saturated heterocycles. The third-order valence-corrected chi connectivity index (χ3v) is 7.50. The van der Waals surface area contributed by atoms with Gasteiger partial charge in [0.05, 0.1) is 11.3 Å². The molecule has 10 heteroatoms. The summed E-state index contributed by atoms with van der Waals surface area (Å²) in [6.45, 7) is 1.76. The zero-order valence-electron chi connectivity index (χ0n) is 14.1. The number of thiophene rings is 1. The lowest BCUT2D eigenvalue weighted by Crippen LogP contribution is -2.22. The Hall–Kier alpha value is -1.75. The number of sulfonamides is 1. The summed E-state index contributed by atoms with van der Waals surface area (Å²) >= 11 is 2.49. The fourth-order valence-electron chi connectivity index (χ4n) is 2.28. The third-order valence-electron chi connectivity index (χ3n) is 3.72. The number of benzene rings is 1. The fourth-order valence-corrected chi connectivity index (χ4v) is 5.47. The minimum Gasteiger partial charge on any atom is -0.241 e. The Balaban J connectivity index is 1.74. The van der Waals surface area contributed by atoms with Gasteiger partial charge in [-0.3, -0.25) is 0 Å². The molecule has 0 spiro atoms. The first-order valence-electron chi connectivity index (χ1n) is 7.88. The predicted molar refractivity (Wildman–Crippen MR) is 100 cm³/mol. The summed E-state index contributed by atoms with van der Waals surface area (Å²) in [5.74, 6) is 0. The number of aryl methyl sites for hydroxylation is 1. The average molecular weight is 433 g/mol. The molecule has 0 bridgehead atoms. The first kappa shape index (κ1) is 20.0. The van der Waals surface area contributed by atoms with Crippen molar-refractivity contribution in [3.05, 3.63) is 57.9 Å². The van der Waals surface area contributed by atoms with E-state index in [2.05, 4.69) is 9.71 Å². The van der Waals surface area contributed by atoms with Crippen LogP contribution < -0.4 is 4.72 Å². The van der Waals surface area contributed by atoms with Crippen molar-refractivity contribution in [2.45, 2.75) is 30.3 Å². The van der Waals surface area contributed by atoms with E-state index in [1.54, 1.807) is 5.38 Å². The van der Waals surface area contributed by atoms with Gasteiger partial charge >= 0.3 is 6.18 Å². The Morgan fingerprint density at radius 3 is 2.59 bits per heavy atom. The molecule has 0 unspecified atom stereocenters. The van der Waals surface area contributed by atoms with Gasteiger partial charge in [0.1, 0.15) is 9.22 Å². The maximum Gasteiger partial charge on any atom is 0.416 e. The van der Waals surface area contributed by atoms with Crippen LogP contribution in [0.1, 0.15) is 23.7 Å². The number of hydrogen-bond donors (Lipinski definition) is 1. The highest BCUT2D eigenvalue weighted by atomic mass is 32.2. The lowest BCUT2D eigenvalue weighted by Gasteiger charge is -2.09. The summed E-state index contributed by atoms with van der Waals surface area (Å²) in [4.78, 5) is 4.42. The van der Waals surface area contributed by atoms with Crippen molar-refractivity contribution in [1.29, 1.82) is 0 Å². The highest BCUT2D eigenvalue weighted by Gasteiger charge is 2.30. The molecule has 2 heterocycles. The number of thiazole rings is 1. The normalized spacial score (nSPS) is 12.4. The smallest absolute Gasteiger partial charge is 0.241 e. The molecule has 0 aliphatic carbocycles. The fraction of sp³-hybridized carbons (Fsp3) is 0.235. The second-order valence-corrected chi connectivity index (χ2v) is 9.44. The van der Waals surface area contributed by atoms with E-state index in [1.807, 2.05) is 12.3 Å². The van der Waals surface area contributed by atoms with Crippen molar-refractivity contribution in [1.82, 2.24) is 9.71 Å². The van der Waals surface area contributed by atoms with Crippen LogP contribution in [0.25, 0.3) is 10.6 Å². The van der Waals surface area contributed by atoms with Gasteiger partial charge in [-0.25, -0.2) is 18.1 Å². The standard InChI is InChI=1S/C17H15F3N2O2S3/c1-2-14-10-26-16(22-14)12-7-15(25-9-12)27(23,24)21-8-11-4-3-5-13(6-11)17(18,19)20/h3-7,9-10,21H,2,8H2,1H3. The first-order valence-corrected chi connectivity index (χ1v) is 11.1. The summed E-state index contributed by atoms with van der Waals surface area (Å²) in [5, 5.41) is 4.37. The van der Waals surface area contributed by atoms with Crippen LogP contribution in [0.15, 0.2) is 45.3 Å². The number of nitrogens with one attached hydrogen (secondary N) is 1. The highest BCUT2D eigenvalue weighted by Crippen LogP contribution is 2.31. The predicted octanol–water partition coefficient (Wildman–Crippen LogP) is 4.93. The van der Waals surface area contributed by atoms with Crippen LogP contribution in [-0.4, -0.2) is 13.4 Å². The van der Waals surface area contributed by atoms with Gasteiger partial charge in [-0.2, -0.15) is 13.2 Å². The quantitative estimate of drug-likeness (QED) is 0.601. The molecule has 0 amide bonds. The molecule has 0 aliphatic rings. The minimum atomic E-state index is -4.47. The molecule has 144 valence electrons. The number of nitrogens with zero attached hydrogens (tertiary/aromatic N) is 1. The Bertz CT molecular complexity index is 1040. The molecule has 0 atom stereocenters. The van der Waals surface area contributed by atoms with Crippen LogP contribution in [0.4, 0.5) is 13.2 Å². The SMILES string of the molecule is CCc1csc(-c2csc(S(=O)(=O)NCc3cccc(C(F)(F)F)c3)c2)n1. The molecule has 27 heavy (non-hydrogen) atoms. The maximum absolute atomic E-state index is 12.8. The third kappa shape index (κ3) is 4.75. The Morgan fingerprint density at radius 1 is 1.15 bits per heavy atom. The summed E-state index contributed by atoms with van der Waals surface area (Å²) < 4.78 is 65.6. The summed E-state index contributed by atoms with van der Waals surface area (Å²) in [6.07, 6.45) is -3.67. The van der Waals surface area contributed by atoms with Crippen LogP contribution in [0.2, 0.25) is 0 Å². The van der Waals surface area contributed by atoms with Crippen molar-refractivity contribution in [2.24, 2.45) is 0 Å². The molecule has 3 aromatic rings. The van der Waals surface area contributed by atoms with Gasteiger partial charge < -0.3 is 0 Å². The lowest BCUT2D eigenvalue weighted by molar-refractivity contribution is -0.137. The van der Waals surface area contributed by atoms with E-state index < -0.39 is 21.8 Å². The van der Waals surface area contributed by atoms with Gasteiger partial charge in [-0.1, -0.05) is 25.1 Å². The van der Waals surface area contributed by atoms with E-state index in [9.17, 15) is 21.6 Å². The van der Waals surface area contributed by atoms with Gasteiger partial charge in [0.2, 0.25) is 10.0 Å². The van der Waals surface area contributed by atoms with E-state index in [0.717, 1.165) is 40.6 Å². The van der Waals surface area contributed by atoms with Crippen LogP contribution in [0, 0.1) is 0 Å². The van der Waals surface area contributed by atoms with E-state index >= 15 is 0 Å². The monoisotopic (exact) mass is 432 g/mol. The van der Waals surface area contributed by atoms with Crippen LogP contribution in [0.3, 0.4) is 0 Å². The molecule has 1 N–H and O–H groups in total. The molecule has 0 saturated carbocycles. The van der Waals surface area contributed by atoms with Crippen molar-refractivity contribution in [3.8, 4) is 10.6 Å². The van der Waals surface area contributed by atoms with E-state index in [0.29, 0.717) is 5.56 Å². The summed E-state index contributed by atoms with van der Waals surface area (Å²) in [7, 11) is -3.83. The van der Waals surface area contributed by atoms with Crippen molar-refractivity contribution in [2.75, 3.05) is 0 Å². The molecular formula is C17H15F3N2O2S3. The second-order valence-electron chi connectivity index (χ2n) is 5.67. The Kier molecular flexibility index (Phi) is 5.71. The zero-order valence-corrected chi connectivity index (χ0v) is 16.5. The largest absolute Gasteiger partial charge is 0.416 e. The van der Waals surface area contributed by atoms with E-state index in [-0.39, 0.29) is 16.3 Å². The van der Waals surface area contributed by atoms with E-state index in [1.165, 1.54) is 29.5 Å². The van der Waals surface area contributed by atoms with E-state index in [4.69, 9.17) is 0 Å². The molecule has 4 nitrogen and oxygen atoms in total. The number of hydrogen-bond acceptors (Lipinski definition) is 5. The Morgan fingerprint density at radius 2 is 1.93 bits per heavy atom. The van der Waals surface area contributed by atoms with Gasteiger partial charge in [0.15, 0.2) is 0 Å². The number of alkyl halides is 3. The molecule has 2 aromatic heterocycles. The van der Waals surface area contributed by atoms with Crippen molar-refractivity contribution in [3.63, 3.8) is 0 Å². The van der Waals surface area contributed by atoms with Gasteiger partial charge in [0, 0.05) is 22.9 Å². The molecule has 1 aromatic carbocycles. The maximum atomic E-state index is 12.8. The van der Waals surface area contributed by atoms with Crippen LogP contribution in [0.5, 0.6) is 0 Å². The van der Waals surface area contributed by atoms with Crippen LogP contribution in [-0.2, 0) is 29.2 Å². The van der Waals surface area contributed by atoms with Gasteiger partial charge in [-0.15, -0.1) is 22.7 Å². The topological polar surface area (TPSA) is 59.1 Å². The first-order chi connectivity index (χ1) is 12.7. The molecule has 0 fully saturated rings. The van der Waals surface area contributed by atoms with Crippen molar-refractivity contribution < 1.29 is 21.6 Å². The minimum absolute atomic E-state index is 0.0951. The number of halogens is 3. The number of aromatic nitrogens is 1. The van der Waals surface area contributed by atoms with Gasteiger partial charge in [0.25, 0.3) is 0 Å². The average Bonchev–Trinajstić information content (AvgIpc) is 3.29.